The van der Waals surface area contributed by atoms with Crippen LogP contribution in [0.15, 0.2) is 85.2 Å². The van der Waals surface area contributed by atoms with E-state index in [2.05, 4.69) is 61.1 Å². The zero-order chi connectivity index (χ0) is 19.6. The summed E-state index contributed by atoms with van der Waals surface area (Å²) in [4.78, 5) is 13.7. The molecule has 1 aromatic carbocycles. The lowest BCUT2D eigenvalue weighted by molar-refractivity contribution is 0.590. The Morgan fingerprint density at radius 2 is 1.25 bits per heavy atom. The van der Waals surface area contributed by atoms with Gasteiger partial charge in [0, 0.05) is 12.4 Å². The van der Waals surface area contributed by atoms with E-state index in [0.29, 0.717) is 0 Å². The molecule has 0 unspecified atom stereocenters. The zero-order valence-corrected chi connectivity index (χ0v) is 16.4. The first-order valence-electron chi connectivity index (χ1n) is 9.46. The zero-order valence-electron chi connectivity index (χ0n) is 16.4. The number of rotatable bonds is 3. The van der Waals surface area contributed by atoms with Crippen LogP contribution in [0.2, 0.25) is 0 Å². The molecule has 0 saturated heterocycles. The Hall–Kier alpha value is -3.33. The van der Waals surface area contributed by atoms with Gasteiger partial charge < -0.3 is 0 Å². The van der Waals surface area contributed by atoms with Gasteiger partial charge in [0.05, 0.1) is 22.8 Å². The van der Waals surface area contributed by atoms with Crippen molar-refractivity contribution in [3.63, 3.8) is 0 Å². The summed E-state index contributed by atoms with van der Waals surface area (Å²) in [6.45, 7) is 6.69. The van der Waals surface area contributed by atoms with Crippen LogP contribution in [0.5, 0.6) is 0 Å². The van der Waals surface area contributed by atoms with Crippen LogP contribution in [0.25, 0.3) is 33.9 Å². The summed E-state index contributed by atoms with van der Waals surface area (Å²) in [7, 11) is 0. The van der Waals surface area contributed by atoms with E-state index in [4.69, 9.17) is 4.98 Å². The summed E-state index contributed by atoms with van der Waals surface area (Å²) in [6, 6.07) is 24.7. The number of hydrogen-bond acceptors (Lipinski definition) is 3. The average molecular weight is 365 g/mol. The van der Waals surface area contributed by atoms with Gasteiger partial charge in [-0.2, -0.15) is 0 Å². The van der Waals surface area contributed by atoms with Crippen LogP contribution in [0.3, 0.4) is 0 Å². The van der Waals surface area contributed by atoms with Crippen molar-refractivity contribution in [3.05, 3.63) is 90.8 Å². The third kappa shape index (κ3) is 3.84. The van der Waals surface area contributed by atoms with Gasteiger partial charge in [-0.1, -0.05) is 57.2 Å². The highest BCUT2D eigenvalue weighted by Crippen LogP contribution is 2.28. The average Bonchev–Trinajstić information content (AvgIpc) is 2.74. The van der Waals surface area contributed by atoms with Gasteiger partial charge in [0.1, 0.15) is 0 Å². The lowest BCUT2D eigenvalue weighted by Crippen LogP contribution is -2.10. The third-order valence-electron chi connectivity index (χ3n) is 4.78. The second-order valence-electron chi connectivity index (χ2n) is 7.88. The lowest BCUT2D eigenvalue weighted by Gasteiger charge is -2.19. The van der Waals surface area contributed by atoms with E-state index in [1.807, 2.05) is 48.7 Å². The Morgan fingerprint density at radius 3 is 1.93 bits per heavy atom. The normalized spacial score (nSPS) is 11.4. The lowest BCUT2D eigenvalue weighted by atomic mass is 9.86. The molecule has 138 valence electrons. The summed E-state index contributed by atoms with van der Waals surface area (Å²) >= 11 is 0. The molecule has 0 radical (unpaired) electrons. The van der Waals surface area contributed by atoms with Crippen LogP contribution in [-0.4, -0.2) is 15.0 Å². The van der Waals surface area contributed by atoms with Gasteiger partial charge in [-0.25, -0.2) is 4.98 Å². The molecule has 4 rings (SSSR count). The van der Waals surface area contributed by atoms with Gasteiger partial charge in [-0.3, -0.25) is 9.97 Å². The smallest absolute Gasteiger partial charge is 0.0894 e. The number of pyridine rings is 3. The minimum Gasteiger partial charge on any atom is -0.255 e. The molecule has 0 atom stereocenters. The van der Waals surface area contributed by atoms with Crippen molar-refractivity contribution in [1.29, 1.82) is 0 Å². The van der Waals surface area contributed by atoms with Crippen molar-refractivity contribution >= 4 is 0 Å². The Balaban J connectivity index is 1.68. The molecule has 0 fully saturated rings. The maximum atomic E-state index is 4.77. The van der Waals surface area contributed by atoms with Crippen LogP contribution < -0.4 is 0 Å². The molecule has 4 aromatic rings. The Bertz CT molecular complexity index is 1080. The highest BCUT2D eigenvalue weighted by atomic mass is 14.8. The minimum absolute atomic E-state index is 0.151. The first-order valence-corrected chi connectivity index (χ1v) is 9.46. The molecular formula is C25H23N3. The third-order valence-corrected chi connectivity index (χ3v) is 4.78. The van der Waals surface area contributed by atoms with Gasteiger partial charge in [-0.05, 0) is 58.5 Å². The maximum Gasteiger partial charge on any atom is 0.0894 e. The fourth-order valence-electron chi connectivity index (χ4n) is 3.15. The van der Waals surface area contributed by atoms with E-state index < -0.39 is 0 Å². The van der Waals surface area contributed by atoms with E-state index in [9.17, 15) is 0 Å². The summed E-state index contributed by atoms with van der Waals surface area (Å²) in [5.41, 5.74) is 7.20. The van der Waals surface area contributed by atoms with Crippen molar-refractivity contribution in [3.8, 4) is 33.9 Å². The van der Waals surface area contributed by atoms with Crippen molar-refractivity contribution < 1.29 is 0 Å². The van der Waals surface area contributed by atoms with Crippen LogP contribution in [0, 0.1) is 0 Å². The fraction of sp³-hybridized carbons (Fsp3) is 0.160. The number of hydrogen-bond donors (Lipinski definition) is 0. The Morgan fingerprint density at radius 1 is 0.571 bits per heavy atom. The SMILES string of the molecule is CC(C)(C)c1ccc(-c2ccnc(-c3cccc(-c4ccccn4)n3)c2)cc1. The summed E-state index contributed by atoms with van der Waals surface area (Å²) < 4.78 is 0. The van der Waals surface area contributed by atoms with E-state index >= 15 is 0 Å². The molecule has 0 amide bonds. The molecule has 0 spiro atoms. The summed E-state index contributed by atoms with van der Waals surface area (Å²) in [5, 5.41) is 0. The van der Waals surface area contributed by atoms with E-state index in [1.54, 1.807) is 6.20 Å². The maximum absolute atomic E-state index is 4.77. The largest absolute Gasteiger partial charge is 0.255 e. The molecule has 3 heterocycles. The fourth-order valence-corrected chi connectivity index (χ4v) is 3.15. The number of nitrogens with zero attached hydrogens (tertiary/aromatic N) is 3. The molecule has 28 heavy (non-hydrogen) atoms. The van der Waals surface area contributed by atoms with Crippen LogP contribution >= 0.6 is 0 Å². The van der Waals surface area contributed by atoms with Crippen molar-refractivity contribution in [2.75, 3.05) is 0 Å². The molecule has 0 aliphatic rings. The first-order chi connectivity index (χ1) is 13.5. The monoisotopic (exact) mass is 365 g/mol. The minimum atomic E-state index is 0.151. The van der Waals surface area contributed by atoms with Gasteiger partial charge in [0.25, 0.3) is 0 Å². The second kappa shape index (κ2) is 7.35. The van der Waals surface area contributed by atoms with E-state index in [-0.39, 0.29) is 5.41 Å². The van der Waals surface area contributed by atoms with Gasteiger partial charge >= 0.3 is 0 Å². The number of benzene rings is 1. The highest BCUT2D eigenvalue weighted by Gasteiger charge is 2.13. The topological polar surface area (TPSA) is 38.7 Å². The van der Waals surface area contributed by atoms with Crippen LogP contribution in [-0.2, 0) is 5.41 Å². The first kappa shape index (κ1) is 18.1. The van der Waals surface area contributed by atoms with Gasteiger partial charge in [-0.15, -0.1) is 0 Å². The van der Waals surface area contributed by atoms with Crippen molar-refractivity contribution in [2.24, 2.45) is 0 Å². The molecule has 0 aliphatic heterocycles. The van der Waals surface area contributed by atoms with Crippen molar-refractivity contribution in [2.45, 2.75) is 26.2 Å². The highest BCUT2D eigenvalue weighted by molar-refractivity contribution is 5.70. The quantitative estimate of drug-likeness (QED) is 0.436. The standard InChI is InChI=1S/C25H23N3/c1-25(2,3)20-12-10-18(11-13-20)19-14-16-27-24(17-19)23-9-6-8-22(28-23)21-7-4-5-15-26-21/h4-17H,1-3H3. The molecule has 3 nitrogen and oxygen atoms in total. The number of aromatic nitrogens is 3. The van der Waals surface area contributed by atoms with E-state index in [1.165, 1.54) is 11.1 Å². The summed E-state index contributed by atoms with van der Waals surface area (Å²) in [6.07, 6.45) is 3.63. The summed E-state index contributed by atoms with van der Waals surface area (Å²) in [5.74, 6) is 0. The van der Waals surface area contributed by atoms with Crippen LogP contribution in [0.1, 0.15) is 26.3 Å². The molecule has 0 aliphatic carbocycles. The van der Waals surface area contributed by atoms with Crippen LogP contribution in [0.4, 0.5) is 0 Å². The van der Waals surface area contributed by atoms with Crippen molar-refractivity contribution in [1.82, 2.24) is 15.0 Å². The molecule has 0 saturated carbocycles. The predicted molar refractivity (Wildman–Crippen MR) is 115 cm³/mol. The molecule has 3 heteroatoms. The second-order valence-corrected chi connectivity index (χ2v) is 7.88. The molecule has 0 N–H and O–H groups in total. The molecular weight excluding hydrogens is 342 g/mol. The molecule has 0 bridgehead atoms. The Labute approximate surface area is 166 Å². The molecule has 3 aromatic heterocycles. The van der Waals surface area contributed by atoms with Gasteiger partial charge in [0.15, 0.2) is 0 Å². The van der Waals surface area contributed by atoms with Gasteiger partial charge in [0.2, 0.25) is 0 Å². The predicted octanol–water partition coefficient (Wildman–Crippen LogP) is 6.17. The van der Waals surface area contributed by atoms with E-state index in [0.717, 1.165) is 28.3 Å². The Kier molecular flexibility index (Phi) is 4.74.